The van der Waals surface area contributed by atoms with E-state index in [9.17, 15) is 13.2 Å². The number of carbonyl (C=O) groups is 1. The lowest BCUT2D eigenvalue weighted by atomic mass is 10.1. The average molecular weight is 433 g/mol. The number of benzene rings is 1. The minimum atomic E-state index is -3.42. The van der Waals surface area contributed by atoms with Gasteiger partial charge in [-0.3, -0.25) is 9.69 Å². The maximum atomic E-state index is 12.6. The second-order valence-corrected chi connectivity index (χ2v) is 10.3. The third kappa shape index (κ3) is 5.49. The summed E-state index contributed by atoms with van der Waals surface area (Å²) < 4.78 is 27.1. The Hall–Kier alpha value is -2.19. The highest BCUT2D eigenvalue weighted by Crippen LogP contribution is 2.19. The quantitative estimate of drug-likeness (QED) is 0.623. The maximum absolute atomic E-state index is 12.6. The van der Waals surface area contributed by atoms with Crippen molar-refractivity contribution in [3.05, 3.63) is 47.8 Å². The Labute approximate surface area is 179 Å². The van der Waals surface area contributed by atoms with Crippen molar-refractivity contribution in [2.24, 2.45) is 0 Å². The summed E-state index contributed by atoms with van der Waals surface area (Å²) in [5.41, 5.74) is 2.04. The Morgan fingerprint density at radius 2 is 2.00 bits per heavy atom. The van der Waals surface area contributed by atoms with Crippen LogP contribution in [0, 0.1) is 0 Å². The molecule has 0 saturated carbocycles. The summed E-state index contributed by atoms with van der Waals surface area (Å²) in [5.74, 6) is 0.129. The molecular weight excluding hydrogens is 400 g/mol. The first-order chi connectivity index (χ1) is 14.3. The van der Waals surface area contributed by atoms with Gasteiger partial charge >= 0.3 is 0 Å². The highest BCUT2D eigenvalue weighted by atomic mass is 32.2. The van der Waals surface area contributed by atoms with E-state index in [0.717, 1.165) is 30.6 Å². The molecule has 1 amide bonds. The number of sulfone groups is 1. The summed E-state index contributed by atoms with van der Waals surface area (Å²) in [6, 6.07) is 10.4. The van der Waals surface area contributed by atoms with Gasteiger partial charge in [-0.05, 0) is 32.3 Å². The van der Waals surface area contributed by atoms with Crippen molar-refractivity contribution in [1.82, 2.24) is 19.8 Å². The van der Waals surface area contributed by atoms with Gasteiger partial charge in [-0.2, -0.15) is 0 Å². The predicted octanol–water partition coefficient (Wildman–Crippen LogP) is 2.41. The molecule has 2 aromatic rings. The molecule has 164 valence electrons. The molecule has 1 aliphatic heterocycles. The van der Waals surface area contributed by atoms with Crippen molar-refractivity contribution >= 4 is 15.7 Å². The topological polar surface area (TPSA) is 84.3 Å². The Kier molecular flexibility index (Phi) is 7.31. The highest BCUT2D eigenvalue weighted by Gasteiger charge is 2.27. The van der Waals surface area contributed by atoms with Gasteiger partial charge in [0, 0.05) is 38.1 Å². The summed E-state index contributed by atoms with van der Waals surface area (Å²) in [6.45, 7) is 7.76. The minimum Gasteiger partial charge on any atom is -0.352 e. The second-order valence-electron chi connectivity index (χ2n) is 8.15. The van der Waals surface area contributed by atoms with Gasteiger partial charge in [-0.1, -0.05) is 37.3 Å². The molecule has 1 unspecified atom stereocenters. The van der Waals surface area contributed by atoms with Crippen LogP contribution in [0.3, 0.4) is 0 Å². The molecule has 30 heavy (non-hydrogen) atoms. The summed E-state index contributed by atoms with van der Waals surface area (Å²) in [7, 11) is -3.42. The number of hydrogen-bond donors (Lipinski definition) is 1. The number of amides is 1. The molecule has 1 aromatic carbocycles. The molecule has 1 atom stereocenters. The van der Waals surface area contributed by atoms with Crippen LogP contribution in [0.2, 0.25) is 0 Å². The van der Waals surface area contributed by atoms with E-state index >= 15 is 0 Å². The van der Waals surface area contributed by atoms with E-state index in [1.165, 1.54) is 0 Å². The maximum Gasteiger partial charge on any atom is 0.227 e. The van der Waals surface area contributed by atoms with E-state index in [4.69, 9.17) is 0 Å². The van der Waals surface area contributed by atoms with Crippen LogP contribution in [-0.4, -0.2) is 53.2 Å². The first kappa shape index (κ1) is 22.5. The monoisotopic (exact) mass is 432 g/mol. The van der Waals surface area contributed by atoms with E-state index in [-0.39, 0.29) is 28.9 Å². The zero-order valence-corrected chi connectivity index (χ0v) is 18.9. The molecule has 1 fully saturated rings. The van der Waals surface area contributed by atoms with E-state index in [2.05, 4.69) is 29.0 Å². The van der Waals surface area contributed by atoms with Gasteiger partial charge in [0.2, 0.25) is 20.9 Å². The number of rotatable bonds is 10. The van der Waals surface area contributed by atoms with Gasteiger partial charge in [0.25, 0.3) is 0 Å². The molecule has 0 bridgehead atoms. The van der Waals surface area contributed by atoms with Crippen LogP contribution < -0.4 is 5.32 Å². The van der Waals surface area contributed by atoms with E-state index < -0.39 is 9.84 Å². The molecule has 0 radical (unpaired) electrons. The average Bonchev–Trinajstić information content (AvgIpc) is 3.32. The van der Waals surface area contributed by atoms with Crippen molar-refractivity contribution in [2.75, 3.05) is 12.3 Å². The van der Waals surface area contributed by atoms with E-state index in [1.54, 1.807) is 13.1 Å². The van der Waals surface area contributed by atoms with Crippen molar-refractivity contribution in [1.29, 1.82) is 0 Å². The molecule has 7 nitrogen and oxygen atoms in total. The van der Waals surface area contributed by atoms with Gasteiger partial charge in [0.15, 0.2) is 0 Å². The summed E-state index contributed by atoms with van der Waals surface area (Å²) in [5, 5.41) is 3.17. The standard InChI is InChI=1S/C22H32N4O3S/c1-4-30(28,29)22-23-14-20(26(22)13-12-18-8-6-5-7-9-18)16-25(17(2)3)15-19-10-11-21(27)24-19/h5-9,14,17,19H,4,10-13,15-16H2,1-3H3,(H,24,27). The zero-order chi connectivity index (χ0) is 21.7. The van der Waals surface area contributed by atoms with Crippen molar-refractivity contribution < 1.29 is 13.2 Å². The van der Waals surface area contributed by atoms with Gasteiger partial charge in [0.05, 0.1) is 17.6 Å². The summed E-state index contributed by atoms with van der Waals surface area (Å²) in [6.07, 6.45) is 3.84. The van der Waals surface area contributed by atoms with Crippen LogP contribution in [-0.2, 0) is 34.1 Å². The number of nitrogens with one attached hydrogen (secondary N) is 1. The number of nitrogens with zero attached hydrogens (tertiary/aromatic N) is 3. The first-order valence-electron chi connectivity index (χ1n) is 10.6. The van der Waals surface area contributed by atoms with Crippen LogP contribution in [0.25, 0.3) is 0 Å². The SMILES string of the molecule is CCS(=O)(=O)c1ncc(CN(CC2CCC(=O)N2)C(C)C)n1CCc1ccccc1. The van der Waals surface area contributed by atoms with Crippen molar-refractivity contribution in [3.8, 4) is 0 Å². The van der Waals surface area contributed by atoms with Crippen LogP contribution in [0.15, 0.2) is 41.7 Å². The fourth-order valence-corrected chi connectivity index (χ4v) is 4.80. The number of aryl methyl sites for hydroxylation is 1. The number of aromatic nitrogens is 2. The number of carbonyl (C=O) groups excluding carboxylic acids is 1. The summed E-state index contributed by atoms with van der Waals surface area (Å²) in [4.78, 5) is 18.2. The third-order valence-corrected chi connectivity index (χ3v) is 7.30. The van der Waals surface area contributed by atoms with E-state index in [0.29, 0.717) is 19.5 Å². The molecular formula is C22H32N4O3S. The van der Waals surface area contributed by atoms with Crippen LogP contribution >= 0.6 is 0 Å². The van der Waals surface area contributed by atoms with Crippen LogP contribution in [0.4, 0.5) is 0 Å². The molecule has 1 saturated heterocycles. The summed E-state index contributed by atoms with van der Waals surface area (Å²) >= 11 is 0. The molecule has 0 spiro atoms. The van der Waals surface area contributed by atoms with Gasteiger partial charge in [0.1, 0.15) is 0 Å². The minimum absolute atomic E-state index is 0.0246. The largest absolute Gasteiger partial charge is 0.352 e. The Bertz CT molecular complexity index is 954. The molecule has 2 heterocycles. The fourth-order valence-electron chi connectivity index (χ4n) is 3.78. The lowest BCUT2D eigenvalue weighted by Crippen LogP contribution is -2.42. The van der Waals surface area contributed by atoms with Crippen LogP contribution in [0.5, 0.6) is 0 Å². The molecule has 3 rings (SSSR count). The molecule has 1 aliphatic rings. The zero-order valence-electron chi connectivity index (χ0n) is 18.0. The van der Waals surface area contributed by atoms with Crippen molar-refractivity contribution in [3.63, 3.8) is 0 Å². The van der Waals surface area contributed by atoms with Crippen LogP contribution in [0.1, 0.15) is 44.9 Å². The molecule has 1 aromatic heterocycles. The number of hydrogen-bond acceptors (Lipinski definition) is 5. The van der Waals surface area contributed by atoms with Gasteiger partial charge in [-0.15, -0.1) is 0 Å². The smallest absolute Gasteiger partial charge is 0.227 e. The lowest BCUT2D eigenvalue weighted by Gasteiger charge is -2.29. The fraction of sp³-hybridized carbons (Fsp3) is 0.545. The Balaban J connectivity index is 1.83. The lowest BCUT2D eigenvalue weighted by molar-refractivity contribution is -0.119. The first-order valence-corrected chi connectivity index (χ1v) is 12.3. The van der Waals surface area contributed by atoms with Crippen molar-refractivity contribution in [2.45, 2.75) is 70.4 Å². The Morgan fingerprint density at radius 1 is 1.27 bits per heavy atom. The molecule has 8 heteroatoms. The predicted molar refractivity (Wildman–Crippen MR) is 117 cm³/mol. The second kappa shape index (κ2) is 9.75. The van der Waals surface area contributed by atoms with E-state index in [1.807, 2.05) is 34.9 Å². The molecule has 0 aliphatic carbocycles. The van der Waals surface area contributed by atoms with Gasteiger partial charge in [-0.25, -0.2) is 13.4 Å². The highest BCUT2D eigenvalue weighted by molar-refractivity contribution is 7.91. The third-order valence-electron chi connectivity index (χ3n) is 5.66. The van der Waals surface area contributed by atoms with Gasteiger partial charge < -0.3 is 9.88 Å². The normalized spacial score (nSPS) is 17.1. The molecule has 1 N–H and O–H groups in total. The Morgan fingerprint density at radius 3 is 2.60 bits per heavy atom. The number of imidazole rings is 1.